The van der Waals surface area contributed by atoms with Crippen LogP contribution in [0, 0.1) is 0 Å². The highest BCUT2D eigenvalue weighted by Gasteiger charge is 2.50. The highest BCUT2D eigenvalue weighted by atomic mass is 19.4. The molecule has 0 aliphatic carbocycles. The normalized spacial score (nSPS) is 25.0. The van der Waals surface area contributed by atoms with Crippen molar-refractivity contribution in [2.24, 2.45) is 10.2 Å². The molecule has 130 valence electrons. The summed E-state index contributed by atoms with van der Waals surface area (Å²) >= 11 is 0. The number of nitrogens with one attached hydrogen (secondary N) is 2. The SMILES string of the molecule is CC[C@@]1(c2cccc(C(F)(F)F)c2)C2=C(N=NC2)NC2=C1C(=O)NC2. The maximum Gasteiger partial charge on any atom is 0.416 e. The molecule has 0 radical (unpaired) electrons. The van der Waals surface area contributed by atoms with E-state index in [1.165, 1.54) is 6.07 Å². The zero-order valence-corrected chi connectivity index (χ0v) is 13.4. The van der Waals surface area contributed by atoms with E-state index in [4.69, 9.17) is 0 Å². The van der Waals surface area contributed by atoms with Crippen molar-refractivity contribution >= 4 is 5.91 Å². The predicted octanol–water partition coefficient (Wildman–Crippen LogP) is 3.02. The van der Waals surface area contributed by atoms with Gasteiger partial charge < -0.3 is 10.6 Å². The van der Waals surface area contributed by atoms with Crippen LogP contribution in [0.3, 0.4) is 0 Å². The van der Waals surface area contributed by atoms with E-state index in [-0.39, 0.29) is 12.5 Å². The van der Waals surface area contributed by atoms with Crippen molar-refractivity contribution in [3.63, 3.8) is 0 Å². The summed E-state index contributed by atoms with van der Waals surface area (Å²) in [6.45, 7) is 2.43. The molecule has 0 spiro atoms. The van der Waals surface area contributed by atoms with Crippen LogP contribution in [-0.4, -0.2) is 19.0 Å². The smallest absolute Gasteiger partial charge is 0.347 e. The first-order valence-corrected chi connectivity index (χ1v) is 7.95. The van der Waals surface area contributed by atoms with Gasteiger partial charge >= 0.3 is 6.18 Å². The van der Waals surface area contributed by atoms with Gasteiger partial charge in [-0.15, -0.1) is 5.11 Å². The second-order valence-corrected chi connectivity index (χ2v) is 6.23. The number of dihydropyridines is 1. The van der Waals surface area contributed by atoms with Crippen molar-refractivity contribution in [1.29, 1.82) is 0 Å². The predicted molar refractivity (Wildman–Crippen MR) is 83.3 cm³/mol. The van der Waals surface area contributed by atoms with E-state index in [1.807, 2.05) is 6.92 Å². The van der Waals surface area contributed by atoms with Crippen molar-refractivity contribution < 1.29 is 18.0 Å². The van der Waals surface area contributed by atoms with Crippen LogP contribution in [0.4, 0.5) is 13.2 Å². The number of azo groups is 1. The highest BCUT2D eigenvalue weighted by molar-refractivity contribution is 6.01. The van der Waals surface area contributed by atoms with Gasteiger partial charge in [0, 0.05) is 11.3 Å². The third-order valence-electron chi connectivity index (χ3n) is 5.06. The van der Waals surface area contributed by atoms with Crippen LogP contribution in [0.1, 0.15) is 24.5 Å². The molecule has 25 heavy (non-hydrogen) atoms. The molecule has 0 aromatic heterocycles. The Balaban J connectivity index is 1.97. The minimum atomic E-state index is -4.45. The van der Waals surface area contributed by atoms with Crippen LogP contribution in [0.2, 0.25) is 0 Å². The molecule has 1 aromatic rings. The largest absolute Gasteiger partial charge is 0.416 e. The molecule has 0 fully saturated rings. The van der Waals surface area contributed by atoms with Gasteiger partial charge in [0.15, 0.2) is 5.82 Å². The van der Waals surface area contributed by atoms with Gasteiger partial charge in [-0.25, -0.2) is 0 Å². The Morgan fingerprint density at radius 3 is 2.84 bits per heavy atom. The van der Waals surface area contributed by atoms with Gasteiger partial charge in [-0.05, 0) is 18.1 Å². The lowest BCUT2D eigenvalue weighted by molar-refractivity contribution is -0.137. The Bertz CT molecular complexity index is 869. The van der Waals surface area contributed by atoms with Crippen molar-refractivity contribution in [3.05, 3.63) is 58.1 Å². The van der Waals surface area contributed by atoms with Gasteiger partial charge in [0.1, 0.15) is 0 Å². The van der Waals surface area contributed by atoms with Gasteiger partial charge in [-0.1, -0.05) is 25.1 Å². The van der Waals surface area contributed by atoms with E-state index in [2.05, 4.69) is 20.9 Å². The summed E-state index contributed by atoms with van der Waals surface area (Å²) in [5.41, 5.74) is 0.623. The fourth-order valence-electron chi connectivity index (χ4n) is 3.96. The monoisotopic (exact) mass is 348 g/mol. The molecule has 3 aliphatic heterocycles. The summed E-state index contributed by atoms with van der Waals surface area (Å²) < 4.78 is 39.7. The van der Waals surface area contributed by atoms with Crippen LogP contribution in [0.5, 0.6) is 0 Å². The molecule has 3 aliphatic rings. The zero-order chi connectivity index (χ0) is 17.8. The number of amides is 1. The number of nitrogens with zero attached hydrogens (tertiary/aromatic N) is 2. The molecule has 5 nitrogen and oxygen atoms in total. The zero-order valence-electron chi connectivity index (χ0n) is 13.4. The Morgan fingerprint density at radius 2 is 2.12 bits per heavy atom. The molecular formula is C17H15F3N4O. The fraction of sp³-hybridized carbons (Fsp3) is 0.353. The standard InChI is InChI=1S/C17H15F3N4O/c1-2-16(9-4-3-5-10(6-9)17(18,19)20)11-7-22-24-14(11)23-12-8-21-15(25)13(12)16/h3-6,23H,2,7-8H2,1H3,(H,21,25)/t16-/m1/s1. The average Bonchev–Trinajstić information content (AvgIpc) is 3.20. The summed E-state index contributed by atoms with van der Waals surface area (Å²) in [7, 11) is 0. The van der Waals surface area contributed by atoms with Gasteiger partial charge in [0.2, 0.25) is 0 Å². The molecule has 4 rings (SSSR count). The number of carbonyl (C=O) groups excluding carboxylic acids is 1. The number of alkyl halides is 3. The summed E-state index contributed by atoms with van der Waals surface area (Å²) in [6, 6.07) is 5.20. The third kappa shape index (κ3) is 2.13. The third-order valence-corrected chi connectivity index (χ3v) is 5.06. The van der Waals surface area contributed by atoms with Gasteiger partial charge in [0.25, 0.3) is 5.91 Å². The first-order chi connectivity index (χ1) is 11.9. The van der Waals surface area contributed by atoms with Crippen molar-refractivity contribution in [3.8, 4) is 0 Å². The maximum atomic E-state index is 13.2. The molecule has 8 heteroatoms. The maximum absolute atomic E-state index is 13.2. The van der Waals surface area contributed by atoms with E-state index < -0.39 is 17.2 Å². The summed E-state index contributed by atoms with van der Waals surface area (Å²) in [5.74, 6) is 0.273. The van der Waals surface area contributed by atoms with Crippen molar-refractivity contribution in [1.82, 2.24) is 10.6 Å². The number of benzene rings is 1. The van der Waals surface area contributed by atoms with Gasteiger partial charge in [-0.2, -0.15) is 18.3 Å². The van der Waals surface area contributed by atoms with Crippen LogP contribution in [0.25, 0.3) is 0 Å². The number of rotatable bonds is 2. The lowest BCUT2D eigenvalue weighted by Gasteiger charge is -2.39. The molecule has 0 unspecified atom stereocenters. The number of hydrogen-bond acceptors (Lipinski definition) is 4. The van der Waals surface area contributed by atoms with E-state index in [0.29, 0.717) is 35.6 Å². The molecule has 1 atom stereocenters. The highest BCUT2D eigenvalue weighted by Crippen LogP contribution is 2.50. The average molecular weight is 348 g/mol. The topological polar surface area (TPSA) is 65.8 Å². The Morgan fingerprint density at radius 1 is 1.32 bits per heavy atom. The Kier molecular flexibility index (Phi) is 3.28. The summed E-state index contributed by atoms with van der Waals surface area (Å²) in [5, 5.41) is 14.0. The van der Waals surface area contributed by atoms with Crippen molar-refractivity contribution in [2.75, 3.05) is 13.1 Å². The molecule has 1 amide bonds. The van der Waals surface area contributed by atoms with Crippen LogP contribution < -0.4 is 10.6 Å². The number of carbonyl (C=O) groups is 1. The second-order valence-electron chi connectivity index (χ2n) is 6.23. The molecule has 2 N–H and O–H groups in total. The first kappa shape index (κ1) is 15.9. The van der Waals surface area contributed by atoms with Gasteiger partial charge in [-0.3, -0.25) is 4.79 Å². The van der Waals surface area contributed by atoms with Gasteiger partial charge in [0.05, 0.1) is 29.6 Å². The molecule has 3 heterocycles. The van der Waals surface area contributed by atoms with Crippen LogP contribution >= 0.6 is 0 Å². The van der Waals surface area contributed by atoms with Crippen LogP contribution in [-0.2, 0) is 16.4 Å². The molecule has 0 saturated heterocycles. The second kappa shape index (κ2) is 5.18. The lowest BCUT2D eigenvalue weighted by atomic mass is 9.65. The quantitative estimate of drug-likeness (QED) is 0.863. The number of hydrogen-bond donors (Lipinski definition) is 2. The van der Waals surface area contributed by atoms with E-state index in [0.717, 1.165) is 17.7 Å². The minimum absolute atomic E-state index is 0.260. The number of halogens is 3. The summed E-state index contributed by atoms with van der Waals surface area (Å²) in [4.78, 5) is 12.5. The Labute approximate surface area is 141 Å². The minimum Gasteiger partial charge on any atom is -0.347 e. The summed E-state index contributed by atoms with van der Waals surface area (Å²) in [6.07, 6.45) is -4.01. The van der Waals surface area contributed by atoms with Crippen molar-refractivity contribution in [2.45, 2.75) is 24.9 Å². The molecule has 0 bridgehead atoms. The van der Waals surface area contributed by atoms with E-state index in [9.17, 15) is 18.0 Å². The van der Waals surface area contributed by atoms with E-state index in [1.54, 1.807) is 6.07 Å². The van der Waals surface area contributed by atoms with Crippen LogP contribution in [0.15, 0.2) is 57.2 Å². The van der Waals surface area contributed by atoms with E-state index >= 15 is 0 Å². The molecular weight excluding hydrogens is 333 g/mol. The molecule has 0 saturated carbocycles. The molecule has 1 aromatic carbocycles. The lowest BCUT2D eigenvalue weighted by Crippen LogP contribution is -2.41. The Hall–Kier alpha value is -2.64. The fourth-order valence-corrected chi connectivity index (χ4v) is 3.96. The first-order valence-electron chi connectivity index (χ1n) is 7.95.